The van der Waals surface area contributed by atoms with E-state index in [2.05, 4.69) is 34.1 Å². The summed E-state index contributed by atoms with van der Waals surface area (Å²) < 4.78 is 0. The summed E-state index contributed by atoms with van der Waals surface area (Å²) in [7, 11) is 0. The average Bonchev–Trinajstić information content (AvgIpc) is 2.63. The molecule has 0 saturated carbocycles. The van der Waals surface area contributed by atoms with Crippen molar-refractivity contribution in [2.24, 2.45) is 5.73 Å². The summed E-state index contributed by atoms with van der Waals surface area (Å²) in [5.41, 5.74) is 9.53. The fourth-order valence-electron chi connectivity index (χ4n) is 2.69. The van der Waals surface area contributed by atoms with Gasteiger partial charge in [-0.15, -0.1) is 0 Å². The number of hydrogen-bond donors (Lipinski definition) is 2. The first-order chi connectivity index (χ1) is 11.7. The zero-order valence-corrected chi connectivity index (χ0v) is 13.4. The van der Waals surface area contributed by atoms with Crippen LogP contribution in [0.15, 0.2) is 79.0 Å². The summed E-state index contributed by atoms with van der Waals surface area (Å²) in [6.07, 6.45) is 1.67. The van der Waals surface area contributed by atoms with Crippen molar-refractivity contribution in [2.75, 3.05) is 4.90 Å². The molecule has 4 nitrogen and oxygen atoms in total. The summed E-state index contributed by atoms with van der Waals surface area (Å²) in [4.78, 5) is 6.49. The van der Waals surface area contributed by atoms with Gasteiger partial charge in [0.1, 0.15) is 11.5 Å². The van der Waals surface area contributed by atoms with E-state index in [1.54, 1.807) is 6.20 Å². The van der Waals surface area contributed by atoms with E-state index in [1.165, 1.54) is 11.1 Å². The number of nitrogens with two attached hydrogens (primary N) is 1. The van der Waals surface area contributed by atoms with Crippen LogP contribution >= 0.6 is 0 Å². The van der Waals surface area contributed by atoms with E-state index in [0.717, 1.165) is 18.8 Å². The molecule has 3 aromatic rings. The minimum atomic E-state index is -0.0169. The summed E-state index contributed by atoms with van der Waals surface area (Å²) >= 11 is 0. The van der Waals surface area contributed by atoms with Gasteiger partial charge in [-0.05, 0) is 23.3 Å². The van der Waals surface area contributed by atoms with Crippen molar-refractivity contribution in [2.45, 2.75) is 13.1 Å². The van der Waals surface area contributed by atoms with Crippen molar-refractivity contribution in [3.8, 4) is 0 Å². The third-order valence-electron chi connectivity index (χ3n) is 3.81. The predicted octanol–water partition coefficient (Wildman–Crippen LogP) is 3.57. The van der Waals surface area contributed by atoms with Crippen molar-refractivity contribution >= 4 is 11.5 Å². The van der Waals surface area contributed by atoms with Crippen molar-refractivity contribution < 1.29 is 0 Å². The molecule has 0 unspecified atom stereocenters. The van der Waals surface area contributed by atoms with Gasteiger partial charge < -0.3 is 10.6 Å². The molecule has 0 radical (unpaired) electrons. The van der Waals surface area contributed by atoms with E-state index in [4.69, 9.17) is 11.1 Å². The predicted molar refractivity (Wildman–Crippen MR) is 98.0 cm³/mol. The fraction of sp³-hybridized carbons (Fsp3) is 0.100. The Morgan fingerprint density at radius 3 is 1.88 bits per heavy atom. The number of rotatable bonds is 6. The first kappa shape index (κ1) is 15.7. The normalized spacial score (nSPS) is 10.3. The van der Waals surface area contributed by atoms with Crippen LogP contribution in [0.1, 0.15) is 16.8 Å². The number of aromatic nitrogens is 1. The Kier molecular flexibility index (Phi) is 4.87. The van der Waals surface area contributed by atoms with Gasteiger partial charge in [0.15, 0.2) is 0 Å². The van der Waals surface area contributed by atoms with E-state index in [9.17, 15) is 0 Å². The molecule has 0 saturated heterocycles. The first-order valence-corrected chi connectivity index (χ1v) is 7.86. The highest BCUT2D eigenvalue weighted by Crippen LogP contribution is 2.23. The quantitative estimate of drug-likeness (QED) is 0.539. The van der Waals surface area contributed by atoms with Gasteiger partial charge in [-0.3, -0.25) is 10.4 Å². The van der Waals surface area contributed by atoms with E-state index >= 15 is 0 Å². The van der Waals surface area contributed by atoms with Gasteiger partial charge in [0.2, 0.25) is 0 Å². The van der Waals surface area contributed by atoms with Crippen LogP contribution in [-0.2, 0) is 13.1 Å². The SMILES string of the molecule is N=C(N)c1ncccc1N(Cc1ccccc1)Cc1ccccc1. The standard InChI is InChI=1S/C20H20N4/c21-20(22)19-18(12-7-13-23-19)24(14-16-8-3-1-4-9-16)15-17-10-5-2-6-11-17/h1-13H,14-15H2,(H3,21,22). The zero-order chi connectivity index (χ0) is 16.8. The number of anilines is 1. The Balaban J connectivity index is 1.97. The van der Waals surface area contributed by atoms with Crippen LogP contribution < -0.4 is 10.6 Å². The Bertz CT molecular complexity index is 759. The number of hydrogen-bond acceptors (Lipinski definition) is 3. The molecule has 1 aromatic heterocycles. The first-order valence-electron chi connectivity index (χ1n) is 7.86. The summed E-state index contributed by atoms with van der Waals surface area (Å²) in [5.74, 6) is -0.0169. The van der Waals surface area contributed by atoms with E-state index < -0.39 is 0 Å². The second-order valence-corrected chi connectivity index (χ2v) is 5.61. The monoisotopic (exact) mass is 316 g/mol. The molecule has 1 heterocycles. The van der Waals surface area contributed by atoms with Crippen LogP contribution in [0.25, 0.3) is 0 Å². The molecular weight excluding hydrogens is 296 g/mol. The Labute approximate surface area is 142 Å². The number of amidine groups is 1. The molecular formula is C20H20N4. The minimum absolute atomic E-state index is 0.0169. The Morgan fingerprint density at radius 2 is 1.38 bits per heavy atom. The van der Waals surface area contributed by atoms with Gasteiger partial charge in [-0.2, -0.15) is 0 Å². The summed E-state index contributed by atoms with van der Waals surface area (Å²) in [5, 5.41) is 7.82. The van der Waals surface area contributed by atoms with Gasteiger partial charge in [0, 0.05) is 19.3 Å². The maximum Gasteiger partial charge on any atom is 0.143 e. The lowest BCUT2D eigenvalue weighted by molar-refractivity contribution is 0.795. The molecule has 0 aliphatic heterocycles. The Hall–Kier alpha value is -3.14. The molecule has 3 N–H and O–H groups in total. The fourth-order valence-corrected chi connectivity index (χ4v) is 2.69. The van der Waals surface area contributed by atoms with Crippen LogP contribution in [0.4, 0.5) is 5.69 Å². The van der Waals surface area contributed by atoms with Gasteiger partial charge in [0.25, 0.3) is 0 Å². The summed E-state index contributed by atoms with van der Waals surface area (Å²) in [6, 6.07) is 24.4. The highest BCUT2D eigenvalue weighted by atomic mass is 15.1. The molecule has 0 bridgehead atoms. The van der Waals surface area contributed by atoms with E-state index in [-0.39, 0.29) is 5.84 Å². The summed E-state index contributed by atoms with van der Waals surface area (Å²) in [6.45, 7) is 1.45. The minimum Gasteiger partial charge on any atom is -0.382 e. The van der Waals surface area contributed by atoms with Crippen molar-refractivity contribution in [1.29, 1.82) is 5.41 Å². The van der Waals surface area contributed by atoms with Crippen molar-refractivity contribution in [3.63, 3.8) is 0 Å². The largest absolute Gasteiger partial charge is 0.382 e. The third-order valence-corrected chi connectivity index (χ3v) is 3.81. The van der Waals surface area contributed by atoms with Crippen LogP contribution in [0.2, 0.25) is 0 Å². The van der Waals surface area contributed by atoms with Crippen LogP contribution in [0.3, 0.4) is 0 Å². The molecule has 2 aromatic carbocycles. The number of pyridine rings is 1. The number of nitrogens with one attached hydrogen (secondary N) is 1. The lowest BCUT2D eigenvalue weighted by atomic mass is 10.1. The molecule has 0 fully saturated rings. The number of nitrogens with zero attached hydrogens (tertiary/aromatic N) is 2. The lowest BCUT2D eigenvalue weighted by Crippen LogP contribution is -2.26. The van der Waals surface area contributed by atoms with Crippen molar-refractivity contribution in [3.05, 3.63) is 95.8 Å². The highest BCUT2D eigenvalue weighted by molar-refractivity contribution is 5.98. The topological polar surface area (TPSA) is 66.0 Å². The molecule has 24 heavy (non-hydrogen) atoms. The average molecular weight is 316 g/mol. The molecule has 0 aliphatic rings. The lowest BCUT2D eigenvalue weighted by Gasteiger charge is -2.26. The maximum absolute atomic E-state index is 7.82. The van der Waals surface area contributed by atoms with Gasteiger partial charge in [0.05, 0.1) is 5.69 Å². The molecule has 0 amide bonds. The number of nitrogen functional groups attached to an aromatic ring is 1. The van der Waals surface area contributed by atoms with Crippen LogP contribution in [0.5, 0.6) is 0 Å². The molecule has 0 aliphatic carbocycles. The highest BCUT2D eigenvalue weighted by Gasteiger charge is 2.15. The van der Waals surface area contributed by atoms with E-state index in [1.807, 2.05) is 48.5 Å². The maximum atomic E-state index is 7.82. The third kappa shape index (κ3) is 3.79. The van der Waals surface area contributed by atoms with E-state index in [0.29, 0.717) is 5.69 Å². The zero-order valence-electron chi connectivity index (χ0n) is 13.4. The molecule has 4 heteroatoms. The van der Waals surface area contributed by atoms with Gasteiger partial charge in [-0.1, -0.05) is 60.7 Å². The second kappa shape index (κ2) is 7.42. The van der Waals surface area contributed by atoms with Crippen LogP contribution in [-0.4, -0.2) is 10.8 Å². The molecule has 0 spiro atoms. The smallest absolute Gasteiger partial charge is 0.143 e. The Morgan fingerprint density at radius 1 is 0.833 bits per heavy atom. The van der Waals surface area contributed by atoms with Gasteiger partial charge in [-0.25, -0.2) is 0 Å². The number of benzene rings is 2. The van der Waals surface area contributed by atoms with Gasteiger partial charge >= 0.3 is 0 Å². The molecule has 0 atom stereocenters. The molecule has 3 rings (SSSR count). The molecule has 120 valence electrons. The van der Waals surface area contributed by atoms with Crippen LogP contribution in [0, 0.1) is 5.41 Å². The second-order valence-electron chi connectivity index (χ2n) is 5.61. The van der Waals surface area contributed by atoms with Crippen molar-refractivity contribution in [1.82, 2.24) is 4.98 Å².